The first-order valence-corrected chi connectivity index (χ1v) is 10.4. The van der Waals surface area contributed by atoms with Gasteiger partial charge in [0.05, 0.1) is 4.88 Å². The molecule has 1 aliphatic heterocycles. The first-order valence-electron chi connectivity index (χ1n) is 9.53. The summed E-state index contributed by atoms with van der Waals surface area (Å²) >= 11 is 1.37. The highest BCUT2D eigenvalue weighted by Gasteiger charge is 2.34. The zero-order chi connectivity index (χ0) is 19.0. The summed E-state index contributed by atoms with van der Waals surface area (Å²) in [4.78, 5) is 25.7. The Morgan fingerprint density at radius 3 is 2.74 bits per heavy atom. The third-order valence-electron chi connectivity index (χ3n) is 5.29. The normalized spacial score (nSPS) is 19.9. The maximum Gasteiger partial charge on any atom is 0.262 e. The molecule has 1 unspecified atom stereocenters. The van der Waals surface area contributed by atoms with Crippen molar-refractivity contribution < 1.29 is 9.59 Å². The summed E-state index contributed by atoms with van der Waals surface area (Å²) in [5.41, 5.74) is -0.971. The van der Waals surface area contributed by atoms with Crippen LogP contribution in [0.15, 0.2) is 17.5 Å². The molecule has 2 aromatic heterocycles. The third-order valence-corrected chi connectivity index (χ3v) is 6.16. The third kappa shape index (κ3) is 3.90. The molecule has 2 aliphatic rings. The molecular formula is C19H25N5O2S. The van der Waals surface area contributed by atoms with Crippen molar-refractivity contribution in [3.8, 4) is 0 Å². The molecule has 0 spiro atoms. The fourth-order valence-corrected chi connectivity index (χ4v) is 4.09. The molecule has 0 saturated heterocycles. The van der Waals surface area contributed by atoms with Crippen molar-refractivity contribution in [1.29, 1.82) is 0 Å². The number of amides is 2. The molecule has 2 amide bonds. The van der Waals surface area contributed by atoms with E-state index in [9.17, 15) is 9.59 Å². The summed E-state index contributed by atoms with van der Waals surface area (Å²) < 4.78 is 2.24. The van der Waals surface area contributed by atoms with Crippen LogP contribution < -0.4 is 10.6 Å². The number of rotatable bonds is 5. The van der Waals surface area contributed by atoms with Crippen LogP contribution in [0.5, 0.6) is 0 Å². The minimum absolute atomic E-state index is 0.0733. The number of aryl methyl sites for hydroxylation is 1. The zero-order valence-corrected chi connectivity index (χ0v) is 16.5. The van der Waals surface area contributed by atoms with E-state index in [0.717, 1.165) is 37.5 Å². The average Bonchev–Trinajstić information content (AvgIpc) is 3.22. The van der Waals surface area contributed by atoms with Crippen molar-refractivity contribution >= 4 is 23.2 Å². The van der Waals surface area contributed by atoms with Gasteiger partial charge < -0.3 is 15.2 Å². The molecule has 3 heterocycles. The predicted octanol–water partition coefficient (Wildman–Crippen LogP) is 2.25. The first-order chi connectivity index (χ1) is 12.9. The van der Waals surface area contributed by atoms with Gasteiger partial charge in [-0.05, 0) is 51.0 Å². The van der Waals surface area contributed by atoms with E-state index < -0.39 is 5.54 Å². The molecule has 0 aromatic carbocycles. The Bertz CT molecular complexity index is 838. The molecule has 1 saturated carbocycles. The van der Waals surface area contributed by atoms with Crippen molar-refractivity contribution in [1.82, 2.24) is 25.4 Å². The molecule has 1 atom stereocenters. The van der Waals surface area contributed by atoms with Gasteiger partial charge in [-0.15, -0.1) is 21.5 Å². The molecule has 7 nitrogen and oxygen atoms in total. The van der Waals surface area contributed by atoms with Gasteiger partial charge in [0.2, 0.25) is 5.91 Å². The van der Waals surface area contributed by atoms with Crippen LogP contribution in [-0.2, 0) is 17.8 Å². The molecular weight excluding hydrogens is 362 g/mol. The van der Waals surface area contributed by atoms with Gasteiger partial charge in [0.15, 0.2) is 0 Å². The van der Waals surface area contributed by atoms with Gasteiger partial charge in [-0.2, -0.15) is 0 Å². The Kier molecular flexibility index (Phi) is 4.75. The summed E-state index contributed by atoms with van der Waals surface area (Å²) in [6.45, 7) is 4.32. The lowest BCUT2D eigenvalue weighted by atomic mass is 10.0. The second-order valence-corrected chi connectivity index (χ2v) is 8.90. The SMILES string of the molecule is CC(C)(NC(=O)c1cccs1)C(=O)NC1CCc2nnc(C3CC3)n2CC1. The van der Waals surface area contributed by atoms with Gasteiger partial charge in [0.25, 0.3) is 5.91 Å². The van der Waals surface area contributed by atoms with Crippen molar-refractivity contribution in [2.75, 3.05) is 0 Å². The molecule has 1 aliphatic carbocycles. The van der Waals surface area contributed by atoms with E-state index in [2.05, 4.69) is 25.4 Å². The van der Waals surface area contributed by atoms with Crippen molar-refractivity contribution in [2.45, 2.75) is 70.0 Å². The Morgan fingerprint density at radius 1 is 1.22 bits per heavy atom. The standard InChI is InChI=1S/C19H25N5O2S/c1-19(2,21-17(25)14-4-3-11-27-14)18(26)20-13-7-8-15-22-23-16(12-5-6-12)24(15)10-9-13/h3-4,11-13H,5-10H2,1-2H3,(H,20,26)(H,21,25). The number of hydrogen-bond acceptors (Lipinski definition) is 5. The number of nitrogens with zero attached hydrogens (tertiary/aromatic N) is 3. The number of carbonyl (C=O) groups is 2. The van der Waals surface area contributed by atoms with Gasteiger partial charge in [0.1, 0.15) is 17.2 Å². The predicted molar refractivity (Wildman–Crippen MR) is 103 cm³/mol. The lowest BCUT2D eigenvalue weighted by Crippen LogP contribution is -2.56. The summed E-state index contributed by atoms with van der Waals surface area (Å²) in [5, 5.41) is 16.5. The minimum Gasteiger partial charge on any atom is -0.351 e. The Hall–Kier alpha value is -2.22. The van der Waals surface area contributed by atoms with E-state index in [1.54, 1.807) is 19.9 Å². The first kappa shape index (κ1) is 18.2. The Labute approximate surface area is 162 Å². The highest BCUT2D eigenvalue weighted by Crippen LogP contribution is 2.39. The molecule has 2 aromatic rings. The molecule has 0 radical (unpaired) electrons. The van der Waals surface area contributed by atoms with E-state index in [0.29, 0.717) is 10.8 Å². The maximum atomic E-state index is 12.8. The van der Waals surface area contributed by atoms with Crippen LogP contribution in [0.3, 0.4) is 0 Å². The van der Waals surface area contributed by atoms with E-state index in [4.69, 9.17) is 0 Å². The number of fused-ring (bicyclic) bond motifs is 1. The van der Waals surface area contributed by atoms with Gasteiger partial charge in [0, 0.05) is 24.9 Å². The number of carbonyl (C=O) groups excluding carboxylic acids is 2. The van der Waals surface area contributed by atoms with Crippen LogP contribution in [-0.4, -0.2) is 38.2 Å². The van der Waals surface area contributed by atoms with Gasteiger partial charge in [-0.1, -0.05) is 6.07 Å². The van der Waals surface area contributed by atoms with Crippen LogP contribution in [0.1, 0.15) is 66.8 Å². The molecule has 144 valence electrons. The van der Waals surface area contributed by atoms with Gasteiger partial charge in [-0.3, -0.25) is 9.59 Å². The Balaban J connectivity index is 1.36. The zero-order valence-electron chi connectivity index (χ0n) is 15.7. The summed E-state index contributed by atoms with van der Waals surface area (Å²) in [5.74, 6) is 2.34. The number of nitrogens with one attached hydrogen (secondary N) is 2. The van der Waals surface area contributed by atoms with E-state index >= 15 is 0 Å². The van der Waals surface area contributed by atoms with Gasteiger partial charge >= 0.3 is 0 Å². The lowest BCUT2D eigenvalue weighted by molar-refractivity contribution is -0.127. The van der Waals surface area contributed by atoms with E-state index in [1.807, 2.05) is 11.4 Å². The van der Waals surface area contributed by atoms with E-state index in [-0.39, 0.29) is 17.9 Å². The van der Waals surface area contributed by atoms with Crippen LogP contribution in [0.4, 0.5) is 0 Å². The van der Waals surface area contributed by atoms with Crippen molar-refractivity contribution in [3.63, 3.8) is 0 Å². The van der Waals surface area contributed by atoms with Crippen molar-refractivity contribution in [2.24, 2.45) is 0 Å². The van der Waals surface area contributed by atoms with Crippen LogP contribution in [0.2, 0.25) is 0 Å². The van der Waals surface area contributed by atoms with Crippen LogP contribution >= 0.6 is 11.3 Å². The van der Waals surface area contributed by atoms with E-state index in [1.165, 1.54) is 24.2 Å². The smallest absolute Gasteiger partial charge is 0.262 e. The quantitative estimate of drug-likeness (QED) is 0.823. The highest BCUT2D eigenvalue weighted by atomic mass is 32.1. The monoisotopic (exact) mass is 387 g/mol. The van der Waals surface area contributed by atoms with Crippen LogP contribution in [0, 0.1) is 0 Å². The topological polar surface area (TPSA) is 88.9 Å². The number of thiophene rings is 1. The average molecular weight is 388 g/mol. The fraction of sp³-hybridized carbons (Fsp3) is 0.579. The molecule has 2 N–H and O–H groups in total. The molecule has 27 heavy (non-hydrogen) atoms. The lowest BCUT2D eigenvalue weighted by Gasteiger charge is -2.27. The fourth-order valence-electron chi connectivity index (χ4n) is 3.47. The second kappa shape index (κ2) is 7.07. The largest absolute Gasteiger partial charge is 0.351 e. The summed E-state index contributed by atoms with van der Waals surface area (Å²) in [6.07, 6.45) is 4.91. The molecule has 1 fully saturated rings. The minimum atomic E-state index is -0.971. The summed E-state index contributed by atoms with van der Waals surface area (Å²) in [6, 6.07) is 3.66. The summed E-state index contributed by atoms with van der Waals surface area (Å²) in [7, 11) is 0. The maximum absolute atomic E-state index is 12.8. The number of aromatic nitrogens is 3. The van der Waals surface area contributed by atoms with Crippen LogP contribution in [0.25, 0.3) is 0 Å². The highest BCUT2D eigenvalue weighted by molar-refractivity contribution is 7.12. The molecule has 4 rings (SSSR count). The Morgan fingerprint density at radius 2 is 2.04 bits per heavy atom. The molecule has 0 bridgehead atoms. The number of hydrogen-bond donors (Lipinski definition) is 2. The van der Waals surface area contributed by atoms with Crippen molar-refractivity contribution in [3.05, 3.63) is 34.0 Å². The molecule has 8 heteroatoms. The van der Waals surface area contributed by atoms with Gasteiger partial charge in [-0.25, -0.2) is 0 Å². The second-order valence-electron chi connectivity index (χ2n) is 7.95.